The first-order valence-electron chi connectivity index (χ1n) is 4.92. The molecule has 0 amide bonds. The van der Waals surface area contributed by atoms with E-state index in [0.717, 1.165) is 0 Å². The third-order valence-corrected chi connectivity index (χ3v) is 4.64. The van der Waals surface area contributed by atoms with Crippen LogP contribution in [0.5, 0.6) is 0 Å². The maximum absolute atomic E-state index is 2.52. The summed E-state index contributed by atoms with van der Waals surface area (Å²) in [6.07, 6.45) is 3.50. The molecule has 0 aromatic heterocycles. The lowest BCUT2D eigenvalue weighted by Crippen LogP contribution is -2.41. The maximum Gasteiger partial charge on any atom is 0.0857 e. The minimum atomic E-state index is -1.06. The van der Waals surface area contributed by atoms with Crippen molar-refractivity contribution in [2.45, 2.75) is 33.9 Å². The average molecular weight is 185 g/mol. The minimum absolute atomic E-state index is 1.06. The molecule has 0 saturated carbocycles. The molecule has 72 valence electrons. The number of hydrogen-bond acceptors (Lipinski definition) is 1. The van der Waals surface area contributed by atoms with Crippen molar-refractivity contribution in [2.75, 3.05) is 19.3 Å². The van der Waals surface area contributed by atoms with Gasteiger partial charge in [-0.3, -0.25) is 0 Å². The molecule has 0 N–H and O–H groups in total. The average Bonchev–Trinajstić information content (AvgIpc) is 2.00. The van der Waals surface area contributed by atoms with E-state index in [9.17, 15) is 0 Å². The molecule has 2 heteroatoms. The standard InChI is InChI=1S/C10H23NSi/c1-6-9-12(4,5)10-11(7-2)8-3/h6,9H,7-8,10H2,1-5H3. The van der Waals surface area contributed by atoms with E-state index in [1.54, 1.807) is 0 Å². The monoisotopic (exact) mass is 185 g/mol. The van der Waals surface area contributed by atoms with Crippen LogP contribution in [0.4, 0.5) is 0 Å². The summed E-state index contributed by atoms with van der Waals surface area (Å²) in [5.41, 5.74) is 2.42. The van der Waals surface area contributed by atoms with Crippen LogP contribution in [0, 0.1) is 0 Å². The normalized spacial score (nSPS) is 13.2. The van der Waals surface area contributed by atoms with Gasteiger partial charge in [-0.1, -0.05) is 38.7 Å². The van der Waals surface area contributed by atoms with Crippen LogP contribution in [0.15, 0.2) is 11.8 Å². The summed E-state index contributed by atoms with van der Waals surface area (Å²) < 4.78 is 0. The van der Waals surface area contributed by atoms with Crippen molar-refractivity contribution in [2.24, 2.45) is 0 Å². The van der Waals surface area contributed by atoms with Crippen LogP contribution in [0.25, 0.3) is 0 Å². The molecule has 0 heterocycles. The van der Waals surface area contributed by atoms with Crippen LogP contribution in [0.1, 0.15) is 20.8 Å². The SMILES string of the molecule is CC=C[Si](C)(C)CN(CC)CC. The molecule has 0 aliphatic rings. The summed E-state index contributed by atoms with van der Waals surface area (Å²) in [7, 11) is -1.06. The molecule has 0 saturated heterocycles. The van der Waals surface area contributed by atoms with Crippen LogP contribution < -0.4 is 0 Å². The van der Waals surface area contributed by atoms with Gasteiger partial charge >= 0.3 is 0 Å². The molecule has 0 bridgehead atoms. The Hall–Kier alpha value is -0.0831. The first-order chi connectivity index (χ1) is 5.55. The Morgan fingerprint density at radius 1 is 1.17 bits per heavy atom. The lowest BCUT2D eigenvalue weighted by Gasteiger charge is -2.27. The van der Waals surface area contributed by atoms with Gasteiger partial charge in [-0.2, -0.15) is 0 Å². The second-order valence-corrected chi connectivity index (χ2v) is 8.58. The van der Waals surface area contributed by atoms with Crippen LogP contribution in [0.2, 0.25) is 13.1 Å². The van der Waals surface area contributed by atoms with E-state index in [4.69, 9.17) is 0 Å². The molecule has 0 aliphatic heterocycles. The first kappa shape index (κ1) is 11.9. The second-order valence-electron chi connectivity index (χ2n) is 3.95. The van der Waals surface area contributed by atoms with E-state index >= 15 is 0 Å². The fourth-order valence-corrected chi connectivity index (χ4v) is 4.14. The Kier molecular flexibility index (Phi) is 5.50. The van der Waals surface area contributed by atoms with Gasteiger partial charge in [0.1, 0.15) is 0 Å². The molecule has 12 heavy (non-hydrogen) atoms. The number of rotatable bonds is 5. The Morgan fingerprint density at radius 3 is 2.00 bits per heavy atom. The van der Waals surface area contributed by atoms with Crippen LogP contribution in [0.3, 0.4) is 0 Å². The van der Waals surface area contributed by atoms with Gasteiger partial charge in [0.2, 0.25) is 0 Å². The van der Waals surface area contributed by atoms with Gasteiger partial charge in [0.05, 0.1) is 8.07 Å². The lowest BCUT2D eigenvalue weighted by atomic mass is 10.6. The summed E-state index contributed by atoms with van der Waals surface area (Å²) >= 11 is 0. The highest BCUT2D eigenvalue weighted by Gasteiger charge is 2.18. The predicted molar refractivity (Wildman–Crippen MR) is 60.1 cm³/mol. The van der Waals surface area contributed by atoms with Crippen molar-refractivity contribution in [1.82, 2.24) is 4.90 Å². The van der Waals surface area contributed by atoms with Crippen LogP contribution >= 0.6 is 0 Å². The highest BCUT2D eigenvalue weighted by molar-refractivity contribution is 6.82. The topological polar surface area (TPSA) is 3.24 Å². The Bertz CT molecular complexity index is 137. The van der Waals surface area contributed by atoms with Crippen molar-refractivity contribution in [3.63, 3.8) is 0 Å². The third-order valence-electron chi connectivity index (χ3n) is 2.14. The quantitative estimate of drug-likeness (QED) is 0.595. The van der Waals surface area contributed by atoms with Crippen LogP contribution in [-0.4, -0.2) is 32.2 Å². The highest BCUT2D eigenvalue weighted by Crippen LogP contribution is 2.06. The Balaban J connectivity index is 4.02. The smallest absolute Gasteiger partial charge is 0.0857 e. The van der Waals surface area contributed by atoms with E-state index in [0.29, 0.717) is 0 Å². The molecule has 1 nitrogen and oxygen atoms in total. The predicted octanol–water partition coefficient (Wildman–Crippen LogP) is 2.69. The van der Waals surface area contributed by atoms with Gasteiger partial charge in [-0.25, -0.2) is 0 Å². The van der Waals surface area contributed by atoms with Gasteiger partial charge in [0, 0.05) is 0 Å². The molecule has 0 aliphatic carbocycles. The van der Waals surface area contributed by atoms with E-state index in [2.05, 4.69) is 50.5 Å². The molecular weight excluding hydrogens is 162 g/mol. The Morgan fingerprint density at radius 2 is 1.67 bits per heavy atom. The minimum Gasteiger partial charge on any atom is -0.306 e. The fraction of sp³-hybridized carbons (Fsp3) is 0.800. The molecular formula is C10H23NSi. The van der Waals surface area contributed by atoms with Crippen molar-refractivity contribution in [3.8, 4) is 0 Å². The van der Waals surface area contributed by atoms with Gasteiger partial charge in [-0.05, 0) is 26.2 Å². The second kappa shape index (κ2) is 5.54. The molecule has 0 aromatic carbocycles. The molecule has 0 rings (SSSR count). The van der Waals surface area contributed by atoms with Crippen molar-refractivity contribution in [1.29, 1.82) is 0 Å². The molecule has 0 fully saturated rings. The number of allylic oxidation sites excluding steroid dienone is 1. The van der Waals surface area contributed by atoms with Crippen molar-refractivity contribution < 1.29 is 0 Å². The first-order valence-corrected chi connectivity index (χ1v) is 8.20. The van der Waals surface area contributed by atoms with Gasteiger partial charge in [0.25, 0.3) is 0 Å². The summed E-state index contributed by atoms with van der Waals surface area (Å²) in [6.45, 7) is 13.8. The van der Waals surface area contributed by atoms with E-state index in [-0.39, 0.29) is 0 Å². The molecule has 0 radical (unpaired) electrons. The Labute approximate surface area is 78.5 Å². The van der Waals surface area contributed by atoms with Crippen molar-refractivity contribution >= 4 is 8.07 Å². The third kappa shape index (κ3) is 4.73. The summed E-state index contributed by atoms with van der Waals surface area (Å²) in [4.78, 5) is 2.52. The number of hydrogen-bond donors (Lipinski definition) is 0. The largest absolute Gasteiger partial charge is 0.306 e. The van der Waals surface area contributed by atoms with E-state index in [1.807, 2.05) is 0 Å². The van der Waals surface area contributed by atoms with Crippen molar-refractivity contribution in [3.05, 3.63) is 11.8 Å². The van der Waals surface area contributed by atoms with Gasteiger partial charge < -0.3 is 4.90 Å². The summed E-state index contributed by atoms with van der Waals surface area (Å²) in [5.74, 6) is 0. The van der Waals surface area contributed by atoms with Gasteiger partial charge in [0.15, 0.2) is 0 Å². The molecule has 0 unspecified atom stereocenters. The van der Waals surface area contributed by atoms with E-state index < -0.39 is 8.07 Å². The maximum atomic E-state index is 2.52. The zero-order valence-corrected chi connectivity index (χ0v) is 10.2. The van der Waals surface area contributed by atoms with Gasteiger partial charge in [-0.15, -0.1) is 0 Å². The lowest BCUT2D eigenvalue weighted by molar-refractivity contribution is 0.349. The number of nitrogens with zero attached hydrogens (tertiary/aromatic N) is 1. The zero-order chi connectivity index (χ0) is 9.61. The molecule has 0 atom stereocenters. The zero-order valence-electron chi connectivity index (χ0n) is 9.22. The highest BCUT2D eigenvalue weighted by atomic mass is 28.3. The fourth-order valence-electron chi connectivity index (χ4n) is 1.53. The van der Waals surface area contributed by atoms with Crippen LogP contribution in [-0.2, 0) is 0 Å². The van der Waals surface area contributed by atoms with E-state index in [1.165, 1.54) is 19.3 Å². The molecule has 0 aromatic rings. The summed E-state index contributed by atoms with van der Waals surface area (Å²) in [5, 5.41) is 0. The summed E-state index contributed by atoms with van der Waals surface area (Å²) in [6, 6.07) is 0. The molecule has 0 spiro atoms.